The second kappa shape index (κ2) is 5.61. The summed E-state index contributed by atoms with van der Waals surface area (Å²) in [5.41, 5.74) is 2.14. The van der Waals surface area contributed by atoms with Crippen molar-refractivity contribution in [3.8, 4) is 0 Å². The quantitative estimate of drug-likeness (QED) is 0.873. The van der Waals surface area contributed by atoms with Gasteiger partial charge in [0, 0.05) is 19.2 Å². The molecule has 2 aliphatic rings. The molecule has 21 heavy (non-hydrogen) atoms. The number of pyridine rings is 1. The number of fused-ring (bicyclic) bond motifs is 1. The third-order valence-electron chi connectivity index (χ3n) is 4.68. The maximum atomic E-state index is 4.91. The molecule has 0 bridgehead atoms. The van der Waals surface area contributed by atoms with E-state index in [4.69, 9.17) is 4.98 Å². The smallest absolute Gasteiger partial charge is 0.160 e. The SMILES string of the molecule is CN1CCC(Cc2nc3cccnc3n2C2CCCS2)C1. The fraction of sp³-hybridized carbons (Fsp3) is 0.625. The number of rotatable bonds is 3. The Bertz CT molecular complexity index is 632. The molecule has 0 aliphatic carbocycles. The average molecular weight is 302 g/mol. The molecule has 0 aromatic carbocycles. The van der Waals surface area contributed by atoms with Crippen LogP contribution in [0.5, 0.6) is 0 Å². The Hall–Kier alpha value is -1.07. The van der Waals surface area contributed by atoms with Gasteiger partial charge in [-0.1, -0.05) is 0 Å². The van der Waals surface area contributed by atoms with Gasteiger partial charge in [0.15, 0.2) is 5.65 Å². The van der Waals surface area contributed by atoms with Crippen molar-refractivity contribution in [2.24, 2.45) is 5.92 Å². The largest absolute Gasteiger partial charge is 0.306 e. The van der Waals surface area contributed by atoms with Crippen molar-refractivity contribution in [3.05, 3.63) is 24.2 Å². The molecule has 0 amide bonds. The zero-order valence-corrected chi connectivity index (χ0v) is 13.4. The molecular weight excluding hydrogens is 280 g/mol. The highest BCUT2D eigenvalue weighted by Crippen LogP contribution is 2.39. The van der Waals surface area contributed by atoms with Crippen LogP contribution in [0.2, 0.25) is 0 Å². The van der Waals surface area contributed by atoms with Crippen molar-refractivity contribution in [1.29, 1.82) is 0 Å². The predicted octanol–water partition coefficient (Wildman–Crippen LogP) is 2.95. The van der Waals surface area contributed by atoms with E-state index in [1.807, 2.05) is 12.3 Å². The molecule has 2 aliphatic heterocycles. The van der Waals surface area contributed by atoms with E-state index in [1.165, 1.54) is 43.9 Å². The molecule has 2 aromatic heterocycles. The van der Waals surface area contributed by atoms with Crippen LogP contribution in [0.3, 0.4) is 0 Å². The van der Waals surface area contributed by atoms with E-state index in [2.05, 4.69) is 39.3 Å². The average Bonchev–Trinajstić information content (AvgIpc) is 3.18. The number of thioether (sulfide) groups is 1. The van der Waals surface area contributed by atoms with Gasteiger partial charge >= 0.3 is 0 Å². The zero-order chi connectivity index (χ0) is 14.2. The van der Waals surface area contributed by atoms with E-state index < -0.39 is 0 Å². The summed E-state index contributed by atoms with van der Waals surface area (Å²) in [6.45, 7) is 2.43. The summed E-state index contributed by atoms with van der Waals surface area (Å²) in [4.78, 5) is 12.0. The van der Waals surface area contributed by atoms with Crippen molar-refractivity contribution >= 4 is 22.9 Å². The van der Waals surface area contributed by atoms with Gasteiger partial charge in [-0.3, -0.25) is 4.57 Å². The number of hydrogen-bond donors (Lipinski definition) is 0. The standard InChI is InChI=1S/C16H22N4S/c1-19-8-6-12(11-19)10-14-18-13-4-2-7-17-16(13)20(14)15-5-3-9-21-15/h2,4,7,12,15H,3,5-6,8-11H2,1H3. The Morgan fingerprint density at radius 1 is 1.38 bits per heavy atom. The number of aromatic nitrogens is 3. The third kappa shape index (κ3) is 2.57. The van der Waals surface area contributed by atoms with E-state index in [9.17, 15) is 0 Å². The first-order chi connectivity index (χ1) is 10.3. The monoisotopic (exact) mass is 302 g/mol. The summed E-state index contributed by atoms with van der Waals surface area (Å²) in [6, 6.07) is 4.09. The predicted molar refractivity (Wildman–Crippen MR) is 87.6 cm³/mol. The van der Waals surface area contributed by atoms with Crippen molar-refractivity contribution in [2.45, 2.75) is 31.1 Å². The fourth-order valence-electron chi connectivity index (χ4n) is 3.64. The van der Waals surface area contributed by atoms with Crippen LogP contribution in [0.1, 0.15) is 30.5 Å². The molecule has 2 saturated heterocycles. The van der Waals surface area contributed by atoms with Gasteiger partial charge in [-0.15, -0.1) is 11.8 Å². The summed E-state index contributed by atoms with van der Waals surface area (Å²) < 4.78 is 2.44. The van der Waals surface area contributed by atoms with Crippen molar-refractivity contribution < 1.29 is 0 Å². The molecule has 4 rings (SSSR count). The van der Waals surface area contributed by atoms with Crippen molar-refractivity contribution in [1.82, 2.24) is 19.4 Å². The Morgan fingerprint density at radius 2 is 2.33 bits per heavy atom. The van der Waals surface area contributed by atoms with Crippen LogP contribution in [0.15, 0.2) is 18.3 Å². The first-order valence-electron chi connectivity index (χ1n) is 7.93. The molecule has 0 N–H and O–H groups in total. The van der Waals surface area contributed by atoms with E-state index in [0.29, 0.717) is 5.37 Å². The van der Waals surface area contributed by atoms with Crippen molar-refractivity contribution in [3.63, 3.8) is 0 Å². The van der Waals surface area contributed by atoms with Crippen LogP contribution in [-0.4, -0.2) is 45.3 Å². The van der Waals surface area contributed by atoms with E-state index in [0.717, 1.165) is 23.5 Å². The summed E-state index contributed by atoms with van der Waals surface area (Å²) in [6.07, 6.45) is 6.85. The van der Waals surface area contributed by atoms with Gasteiger partial charge < -0.3 is 4.90 Å². The van der Waals surface area contributed by atoms with Crippen LogP contribution in [0.4, 0.5) is 0 Å². The van der Waals surface area contributed by atoms with Gasteiger partial charge in [0.1, 0.15) is 11.3 Å². The molecule has 0 spiro atoms. The maximum absolute atomic E-state index is 4.91. The molecule has 4 nitrogen and oxygen atoms in total. The topological polar surface area (TPSA) is 34.0 Å². The summed E-state index contributed by atoms with van der Waals surface area (Å²) >= 11 is 2.06. The van der Waals surface area contributed by atoms with Gasteiger partial charge in [-0.05, 0) is 56.7 Å². The Morgan fingerprint density at radius 3 is 3.10 bits per heavy atom. The fourth-order valence-corrected chi connectivity index (χ4v) is 4.95. The first-order valence-corrected chi connectivity index (χ1v) is 8.98. The lowest BCUT2D eigenvalue weighted by Gasteiger charge is -2.17. The van der Waals surface area contributed by atoms with E-state index in [1.54, 1.807) is 0 Å². The lowest BCUT2D eigenvalue weighted by molar-refractivity contribution is 0.391. The first kappa shape index (κ1) is 13.6. The number of likely N-dealkylation sites (tertiary alicyclic amines) is 1. The summed E-state index contributed by atoms with van der Waals surface area (Å²) in [5, 5.41) is 0.541. The van der Waals surface area contributed by atoms with Crippen molar-refractivity contribution in [2.75, 3.05) is 25.9 Å². The summed E-state index contributed by atoms with van der Waals surface area (Å²) in [5.74, 6) is 3.27. The van der Waals surface area contributed by atoms with E-state index in [-0.39, 0.29) is 0 Å². The molecular formula is C16H22N4S. The normalized spacial score (nSPS) is 26.9. The number of nitrogens with zero attached hydrogens (tertiary/aromatic N) is 4. The second-order valence-electron chi connectivity index (χ2n) is 6.33. The van der Waals surface area contributed by atoms with Gasteiger partial charge in [0.05, 0.1) is 5.37 Å². The minimum atomic E-state index is 0.541. The van der Waals surface area contributed by atoms with Gasteiger partial charge in [-0.25, -0.2) is 9.97 Å². The number of imidazole rings is 1. The minimum Gasteiger partial charge on any atom is -0.306 e. The highest BCUT2D eigenvalue weighted by atomic mass is 32.2. The lowest BCUT2D eigenvalue weighted by atomic mass is 10.0. The molecule has 2 unspecified atom stereocenters. The van der Waals surface area contributed by atoms with Gasteiger partial charge in [-0.2, -0.15) is 0 Å². The van der Waals surface area contributed by atoms with E-state index >= 15 is 0 Å². The van der Waals surface area contributed by atoms with Crippen LogP contribution < -0.4 is 0 Å². The Kier molecular flexibility index (Phi) is 3.63. The minimum absolute atomic E-state index is 0.541. The molecule has 4 heterocycles. The Labute approximate surface area is 129 Å². The highest BCUT2D eigenvalue weighted by Gasteiger charge is 2.27. The Balaban J connectivity index is 1.70. The molecule has 2 aromatic rings. The third-order valence-corrected chi connectivity index (χ3v) is 6.03. The van der Waals surface area contributed by atoms with Crippen LogP contribution in [0, 0.1) is 5.92 Å². The highest BCUT2D eigenvalue weighted by molar-refractivity contribution is 7.99. The van der Waals surface area contributed by atoms with Crippen LogP contribution >= 0.6 is 11.8 Å². The number of hydrogen-bond acceptors (Lipinski definition) is 4. The molecule has 0 radical (unpaired) electrons. The molecule has 2 fully saturated rings. The second-order valence-corrected chi connectivity index (χ2v) is 7.62. The summed E-state index contributed by atoms with van der Waals surface area (Å²) in [7, 11) is 2.22. The molecule has 112 valence electrons. The maximum Gasteiger partial charge on any atom is 0.160 e. The lowest BCUT2D eigenvalue weighted by Crippen LogP contribution is -2.17. The molecule has 0 saturated carbocycles. The van der Waals surface area contributed by atoms with Crippen LogP contribution in [-0.2, 0) is 6.42 Å². The van der Waals surface area contributed by atoms with Gasteiger partial charge in [0.25, 0.3) is 0 Å². The molecule has 2 atom stereocenters. The zero-order valence-electron chi connectivity index (χ0n) is 12.5. The van der Waals surface area contributed by atoms with Crippen LogP contribution in [0.25, 0.3) is 11.2 Å². The molecule has 5 heteroatoms. The van der Waals surface area contributed by atoms with Gasteiger partial charge in [0.2, 0.25) is 0 Å².